The third-order valence-corrected chi connectivity index (χ3v) is 6.79. The van der Waals surface area contributed by atoms with E-state index in [9.17, 15) is 4.79 Å². The molecule has 2 heterocycles. The summed E-state index contributed by atoms with van der Waals surface area (Å²) in [5.74, 6) is 0.782. The number of hydrogen-bond acceptors (Lipinski definition) is 4. The number of hydrogen-bond donors (Lipinski definition) is 3. The average molecular weight is 428 g/mol. The number of nitrogens with one attached hydrogen (secondary N) is 3. The van der Waals surface area contributed by atoms with Crippen LogP contribution in [0.2, 0.25) is 0 Å². The van der Waals surface area contributed by atoms with E-state index in [-0.39, 0.29) is 12.0 Å². The summed E-state index contributed by atoms with van der Waals surface area (Å²) in [6, 6.07) is 9.01. The van der Waals surface area contributed by atoms with Gasteiger partial charge in [0.25, 0.3) is 5.91 Å². The number of nitrogens with zero attached hydrogens (tertiary/aromatic N) is 2. The van der Waals surface area contributed by atoms with E-state index in [0.29, 0.717) is 24.7 Å². The van der Waals surface area contributed by atoms with Crippen LogP contribution in [0.5, 0.6) is 0 Å². The molecular formula is C24H37N5O2. The molecule has 2 saturated heterocycles. The van der Waals surface area contributed by atoms with E-state index in [1.165, 1.54) is 32.2 Å². The maximum absolute atomic E-state index is 12.5. The van der Waals surface area contributed by atoms with Gasteiger partial charge in [0.1, 0.15) is 0 Å². The van der Waals surface area contributed by atoms with Gasteiger partial charge in [-0.15, -0.1) is 0 Å². The first-order valence-corrected chi connectivity index (χ1v) is 11.9. The topological polar surface area (TPSA) is 78.0 Å². The highest BCUT2D eigenvalue weighted by Gasteiger charge is 2.30. The van der Waals surface area contributed by atoms with Gasteiger partial charge in [0.15, 0.2) is 5.96 Å². The zero-order chi connectivity index (χ0) is 21.5. The number of likely N-dealkylation sites (tertiary alicyclic amines) is 1. The van der Waals surface area contributed by atoms with Crippen LogP contribution in [0.25, 0.3) is 0 Å². The molecule has 0 aromatic heterocycles. The monoisotopic (exact) mass is 427 g/mol. The van der Waals surface area contributed by atoms with Crippen molar-refractivity contribution >= 4 is 11.9 Å². The highest BCUT2D eigenvalue weighted by molar-refractivity contribution is 5.94. The van der Waals surface area contributed by atoms with E-state index in [1.54, 1.807) is 0 Å². The lowest BCUT2D eigenvalue weighted by molar-refractivity contribution is 0.0857. The van der Waals surface area contributed by atoms with Crippen LogP contribution in [0.15, 0.2) is 29.3 Å². The molecule has 3 fully saturated rings. The minimum Gasteiger partial charge on any atom is -0.376 e. The van der Waals surface area contributed by atoms with Gasteiger partial charge < -0.3 is 20.7 Å². The summed E-state index contributed by atoms with van der Waals surface area (Å²) in [5.41, 5.74) is 1.75. The summed E-state index contributed by atoms with van der Waals surface area (Å²) < 4.78 is 5.58. The van der Waals surface area contributed by atoms with Crippen molar-refractivity contribution < 1.29 is 9.53 Å². The molecule has 1 aromatic rings. The summed E-state index contributed by atoms with van der Waals surface area (Å²) in [6.07, 6.45) is 8.91. The molecule has 3 N–H and O–H groups in total. The van der Waals surface area contributed by atoms with Crippen molar-refractivity contribution in [3.05, 3.63) is 35.4 Å². The second kappa shape index (κ2) is 11.0. The maximum atomic E-state index is 12.5. The lowest BCUT2D eigenvalue weighted by Crippen LogP contribution is -2.45. The van der Waals surface area contributed by atoms with E-state index in [4.69, 9.17) is 4.74 Å². The van der Waals surface area contributed by atoms with Crippen LogP contribution < -0.4 is 16.0 Å². The van der Waals surface area contributed by atoms with Gasteiger partial charge in [0.2, 0.25) is 0 Å². The molecule has 31 heavy (non-hydrogen) atoms. The number of amides is 1. The Morgan fingerprint density at radius 2 is 2.03 bits per heavy atom. The lowest BCUT2D eigenvalue weighted by Gasteiger charge is -2.24. The number of benzene rings is 1. The quantitative estimate of drug-likeness (QED) is 0.460. The smallest absolute Gasteiger partial charge is 0.251 e. The molecule has 7 heteroatoms. The minimum absolute atomic E-state index is 0.0437. The van der Waals surface area contributed by atoms with Crippen molar-refractivity contribution in [1.29, 1.82) is 0 Å². The maximum Gasteiger partial charge on any atom is 0.251 e. The van der Waals surface area contributed by atoms with Gasteiger partial charge in [-0.05, 0) is 49.8 Å². The predicted molar refractivity (Wildman–Crippen MR) is 123 cm³/mol. The van der Waals surface area contributed by atoms with Crippen LogP contribution in [0.3, 0.4) is 0 Å². The van der Waals surface area contributed by atoms with Crippen molar-refractivity contribution in [3.63, 3.8) is 0 Å². The molecule has 1 amide bonds. The summed E-state index contributed by atoms with van der Waals surface area (Å²) in [7, 11) is 1.81. The number of ether oxygens (including phenoxy) is 1. The van der Waals surface area contributed by atoms with Crippen LogP contribution in [0.4, 0.5) is 0 Å². The number of rotatable bonds is 7. The van der Waals surface area contributed by atoms with Gasteiger partial charge in [-0.1, -0.05) is 25.0 Å². The van der Waals surface area contributed by atoms with Crippen molar-refractivity contribution in [2.24, 2.45) is 4.99 Å². The number of aliphatic imine (C=N–C) groups is 1. The van der Waals surface area contributed by atoms with Crippen molar-refractivity contribution in [2.45, 2.75) is 69.7 Å². The molecule has 0 spiro atoms. The van der Waals surface area contributed by atoms with Crippen LogP contribution in [-0.4, -0.2) is 68.2 Å². The molecule has 7 nitrogen and oxygen atoms in total. The normalized spacial score (nSPS) is 25.1. The SMILES string of the molecule is CN=C(NCc1cccc(C(=O)NCC2CCCO2)c1)NC1CCN(C2CCCC2)C1. The third kappa shape index (κ3) is 6.20. The predicted octanol–water partition coefficient (Wildman–Crippen LogP) is 2.28. The Morgan fingerprint density at radius 3 is 2.81 bits per heavy atom. The largest absolute Gasteiger partial charge is 0.376 e. The van der Waals surface area contributed by atoms with Crippen LogP contribution in [0.1, 0.15) is 60.9 Å². The van der Waals surface area contributed by atoms with Crippen molar-refractivity contribution in [1.82, 2.24) is 20.9 Å². The molecule has 1 aliphatic carbocycles. The summed E-state index contributed by atoms with van der Waals surface area (Å²) >= 11 is 0. The van der Waals surface area contributed by atoms with Gasteiger partial charge in [0.05, 0.1) is 6.10 Å². The highest BCUT2D eigenvalue weighted by Crippen LogP contribution is 2.26. The van der Waals surface area contributed by atoms with Crippen LogP contribution in [-0.2, 0) is 11.3 Å². The van der Waals surface area contributed by atoms with Gasteiger partial charge in [-0.25, -0.2) is 0 Å². The van der Waals surface area contributed by atoms with E-state index in [2.05, 4.69) is 25.8 Å². The summed E-state index contributed by atoms with van der Waals surface area (Å²) in [4.78, 5) is 19.5. The second-order valence-electron chi connectivity index (χ2n) is 9.03. The van der Waals surface area contributed by atoms with Gasteiger partial charge in [-0.3, -0.25) is 14.7 Å². The van der Waals surface area contributed by atoms with Crippen molar-refractivity contribution in [3.8, 4) is 0 Å². The Hall–Kier alpha value is -2.12. The fourth-order valence-corrected chi connectivity index (χ4v) is 5.02. The minimum atomic E-state index is -0.0437. The average Bonchev–Trinajstić information content (AvgIpc) is 3.57. The van der Waals surface area contributed by atoms with E-state index < -0.39 is 0 Å². The molecular weight excluding hydrogens is 390 g/mol. The van der Waals surface area contributed by atoms with E-state index in [1.807, 2.05) is 31.3 Å². The zero-order valence-electron chi connectivity index (χ0n) is 18.7. The molecule has 4 rings (SSSR count). The van der Waals surface area contributed by atoms with Gasteiger partial charge in [0, 0.05) is 57.5 Å². The lowest BCUT2D eigenvalue weighted by atomic mass is 10.1. The number of guanidine groups is 1. The zero-order valence-corrected chi connectivity index (χ0v) is 18.7. The highest BCUT2D eigenvalue weighted by atomic mass is 16.5. The Morgan fingerprint density at radius 1 is 1.16 bits per heavy atom. The first kappa shape index (κ1) is 22.1. The fraction of sp³-hybridized carbons (Fsp3) is 0.667. The first-order chi connectivity index (χ1) is 15.2. The summed E-state index contributed by atoms with van der Waals surface area (Å²) in [6.45, 7) is 4.30. The molecule has 2 aliphatic heterocycles. The Bertz CT molecular complexity index is 756. The second-order valence-corrected chi connectivity index (χ2v) is 9.03. The molecule has 0 bridgehead atoms. The Kier molecular flexibility index (Phi) is 7.81. The Balaban J connectivity index is 1.23. The molecule has 1 aromatic carbocycles. The van der Waals surface area contributed by atoms with Gasteiger partial charge >= 0.3 is 0 Å². The van der Waals surface area contributed by atoms with Crippen molar-refractivity contribution in [2.75, 3.05) is 33.3 Å². The fourth-order valence-electron chi connectivity index (χ4n) is 5.02. The number of carbonyl (C=O) groups excluding carboxylic acids is 1. The van der Waals surface area contributed by atoms with Crippen LogP contribution in [0, 0.1) is 0 Å². The molecule has 0 radical (unpaired) electrons. The first-order valence-electron chi connectivity index (χ1n) is 11.9. The molecule has 2 atom stereocenters. The molecule has 2 unspecified atom stereocenters. The Labute approximate surface area is 186 Å². The molecule has 3 aliphatic rings. The van der Waals surface area contributed by atoms with Gasteiger partial charge in [-0.2, -0.15) is 0 Å². The summed E-state index contributed by atoms with van der Waals surface area (Å²) in [5, 5.41) is 9.99. The van der Waals surface area contributed by atoms with Crippen LogP contribution >= 0.6 is 0 Å². The molecule has 1 saturated carbocycles. The van der Waals surface area contributed by atoms with E-state index in [0.717, 1.165) is 50.0 Å². The third-order valence-electron chi connectivity index (χ3n) is 6.79. The standard InChI is InChI=1S/C24H37N5O2/c1-25-24(28-20-11-12-29(17-20)21-8-2-3-9-21)27-15-18-6-4-7-19(14-18)23(30)26-16-22-10-5-13-31-22/h4,6-7,14,20-22H,2-3,5,8-13,15-17H2,1H3,(H,26,30)(H2,25,27,28). The van der Waals surface area contributed by atoms with E-state index >= 15 is 0 Å². The number of carbonyl (C=O) groups is 1. The molecule has 170 valence electrons.